The Morgan fingerprint density at radius 3 is 2.53 bits per heavy atom. The van der Waals surface area contributed by atoms with Crippen molar-refractivity contribution in [1.29, 1.82) is 0 Å². The first-order valence-electron chi connectivity index (χ1n) is 7.58. The van der Waals surface area contributed by atoms with Gasteiger partial charge in [-0.3, -0.25) is 4.90 Å². The van der Waals surface area contributed by atoms with E-state index in [1.807, 2.05) is 0 Å². The first-order chi connectivity index (χ1) is 9.38. The molecule has 1 aromatic carbocycles. The number of likely N-dealkylation sites (tertiary alicyclic amines) is 1. The van der Waals surface area contributed by atoms with Crippen LogP contribution in [0.4, 0.5) is 0 Å². The Kier molecular flexibility index (Phi) is 6.34. The molecule has 3 heteroatoms. The number of benzene rings is 1. The zero-order chi connectivity index (χ0) is 13.3. The van der Waals surface area contributed by atoms with Crippen LogP contribution in [0.1, 0.15) is 31.2 Å². The number of nitrogens with two attached hydrogens (primary N) is 1. The van der Waals surface area contributed by atoms with E-state index in [0.717, 1.165) is 26.1 Å². The summed E-state index contributed by atoms with van der Waals surface area (Å²) in [6.45, 7) is 5.46. The van der Waals surface area contributed by atoms with E-state index >= 15 is 0 Å². The first-order valence-corrected chi connectivity index (χ1v) is 7.58. The molecule has 3 N–H and O–H groups in total. The van der Waals surface area contributed by atoms with E-state index in [1.54, 1.807) is 0 Å². The van der Waals surface area contributed by atoms with Crippen LogP contribution in [0.15, 0.2) is 30.3 Å². The fraction of sp³-hybridized carbons (Fsp3) is 0.625. The Labute approximate surface area is 117 Å². The molecule has 0 bridgehead atoms. The zero-order valence-corrected chi connectivity index (χ0v) is 11.9. The molecule has 0 spiro atoms. The molecule has 19 heavy (non-hydrogen) atoms. The van der Waals surface area contributed by atoms with Crippen LogP contribution in [0.2, 0.25) is 0 Å². The van der Waals surface area contributed by atoms with Crippen LogP contribution in [-0.2, 0) is 6.54 Å². The Hall–Kier alpha value is -0.900. The van der Waals surface area contributed by atoms with E-state index in [4.69, 9.17) is 5.73 Å². The highest BCUT2D eigenvalue weighted by Crippen LogP contribution is 2.13. The van der Waals surface area contributed by atoms with Crippen LogP contribution < -0.4 is 11.1 Å². The summed E-state index contributed by atoms with van der Waals surface area (Å²) < 4.78 is 0. The van der Waals surface area contributed by atoms with E-state index in [2.05, 4.69) is 40.5 Å². The average Bonchev–Trinajstić information content (AvgIpc) is 2.46. The lowest BCUT2D eigenvalue weighted by Crippen LogP contribution is -2.42. The molecule has 0 amide bonds. The third kappa shape index (κ3) is 5.31. The third-order valence-electron chi connectivity index (χ3n) is 3.90. The number of hydrogen-bond acceptors (Lipinski definition) is 3. The summed E-state index contributed by atoms with van der Waals surface area (Å²) in [5.74, 6) is 0. The monoisotopic (exact) mass is 261 g/mol. The van der Waals surface area contributed by atoms with E-state index in [1.165, 1.54) is 37.9 Å². The maximum Gasteiger partial charge on any atom is 0.0233 e. The van der Waals surface area contributed by atoms with Gasteiger partial charge in [0, 0.05) is 12.6 Å². The highest BCUT2D eigenvalue weighted by Gasteiger charge is 2.18. The lowest BCUT2D eigenvalue weighted by atomic mass is 10.0. The van der Waals surface area contributed by atoms with Gasteiger partial charge in [0.05, 0.1) is 0 Å². The van der Waals surface area contributed by atoms with Gasteiger partial charge in [0.25, 0.3) is 0 Å². The van der Waals surface area contributed by atoms with Crippen molar-refractivity contribution >= 4 is 0 Å². The van der Waals surface area contributed by atoms with Crippen molar-refractivity contribution in [2.75, 3.05) is 26.2 Å². The molecule has 0 atom stereocenters. The van der Waals surface area contributed by atoms with Gasteiger partial charge < -0.3 is 11.1 Å². The molecule has 1 aromatic rings. The molecule has 106 valence electrons. The van der Waals surface area contributed by atoms with Crippen LogP contribution in [0, 0.1) is 0 Å². The molecule has 2 rings (SSSR count). The SMILES string of the molecule is NCCCCNC1CCN(Cc2ccccc2)CC1. The van der Waals surface area contributed by atoms with Crippen LogP contribution in [0.25, 0.3) is 0 Å². The summed E-state index contributed by atoms with van der Waals surface area (Å²) in [6.07, 6.45) is 4.89. The summed E-state index contributed by atoms with van der Waals surface area (Å²) >= 11 is 0. The van der Waals surface area contributed by atoms with Gasteiger partial charge >= 0.3 is 0 Å². The average molecular weight is 261 g/mol. The van der Waals surface area contributed by atoms with Gasteiger partial charge in [-0.25, -0.2) is 0 Å². The Morgan fingerprint density at radius 1 is 1.11 bits per heavy atom. The van der Waals surface area contributed by atoms with Gasteiger partial charge in [0.2, 0.25) is 0 Å². The van der Waals surface area contributed by atoms with Crippen LogP contribution in [-0.4, -0.2) is 37.1 Å². The molecule has 0 aliphatic carbocycles. The molecule has 3 nitrogen and oxygen atoms in total. The quantitative estimate of drug-likeness (QED) is 0.738. The molecule has 1 saturated heterocycles. The van der Waals surface area contributed by atoms with Gasteiger partial charge in [-0.15, -0.1) is 0 Å². The van der Waals surface area contributed by atoms with E-state index in [9.17, 15) is 0 Å². The van der Waals surface area contributed by atoms with Crippen molar-refractivity contribution in [2.45, 2.75) is 38.3 Å². The predicted octanol–water partition coefficient (Wildman–Crippen LogP) is 1.98. The Bertz CT molecular complexity index is 331. The van der Waals surface area contributed by atoms with Gasteiger partial charge in [-0.05, 0) is 57.4 Å². The molecule has 1 fully saturated rings. The smallest absolute Gasteiger partial charge is 0.0233 e. The van der Waals surface area contributed by atoms with Gasteiger partial charge in [0.15, 0.2) is 0 Å². The van der Waals surface area contributed by atoms with Gasteiger partial charge in [0.1, 0.15) is 0 Å². The summed E-state index contributed by atoms with van der Waals surface area (Å²) in [7, 11) is 0. The van der Waals surface area contributed by atoms with Crippen molar-refractivity contribution < 1.29 is 0 Å². The fourth-order valence-electron chi connectivity index (χ4n) is 2.71. The highest BCUT2D eigenvalue weighted by molar-refractivity contribution is 5.14. The van der Waals surface area contributed by atoms with Crippen molar-refractivity contribution in [3.8, 4) is 0 Å². The summed E-state index contributed by atoms with van der Waals surface area (Å²) in [5.41, 5.74) is 6.93. The molecule has 0 saturated carbocycles. The van der Waals surface area contributed by atoms with Gasteiger partial charge in [-0.1, -0.05) is 30.3 Å². The van der Waals surface area contributed by atoms with Crippen LogP contribution >= 0.6 is 0 Å². The van der Waals surface area contributed by atoms with E-state index in [-0.39, 0.29) is 0 Å². The third-order valence-corrected chi connectivity index (χ3v) is 3.90. The molecule has 0 aromatic heterocycles. The largest absolute Gasteiger partial charge is 0.330 e. The van der Waals surface area contributed by atoms with Gasteiger partial charge in [-0.2, -0.15) is 0 Å². The van der Waals surface area contributed by atoms with E-state index < -0.39 is 0 Å². The Balaban J connectivity index is 1.62. The Morgan fingerprint density at radius 2 is 1.84 bits per heavy atom. The minimum absolute atomic E-state index is 0.713. The number of rotatable bonds is 7. The summed E-state index contributed by atoms with van der Waals surface area (Å²) in [4.78, 5) is 2.56. The zero-order valence-electron chi connectivity index (χ0n) is 11.9. The molecule has 1 aliphatic rings. The fourth-order valence-corrected chi connectivity index (χ4v) is 2.71. The van der Waals surface area contributed by atoms with Crippen molar-refractivity contribution in [2.24, 2.45) is 5.73 Å². The number of nitrogens with zero attached hydrogens (tertiary/aromatic N) is 1. The van der Waals surface area contributed by atoms with Crippen molar-refractivity contribution in [1.82, 2.24) is 10.2 Å². The lowest BCUT2D eigenvalue weighted by molar-refractivity contribution is 0.190. The topological polar surface area (TPSA) is 41.3 Å². The van der Waals surface area contributed by atoms with Crippen molar-refractivity contribution in [3.63, 3.8) is 0 Å². The normalized spacial score (nSPS) is 17.7. The molecular formula is C16H27N3. The molecule has 1 heterocycles. The molecular weight excluding hydrogens is 234 g/mol. The highest BCUT2D eigenvalue weighted by atomic mass is 15.1. The number of piperidine rings is 1. The lowest BCUT2D eigenvalue weighted by Gasteiger charge is -2.32. The minimum Gasteiger partial charge on any atom is -0.330 e. The second kappa shape index (κ2) is 8.31. The first kappa shape index (κ1) is 14.5. The second-order valence-corrected chi connectivity index (χ2v) is 5.49. The summed E-state index contributed by atoms with van der Waals surface area (Å²) in [6, 6.07) is 11.5. The van der Waals surface area contributed by atoms with Crippen LogP contribution in [0.5, 0.6) is 0 Å². The van der Waals surface area contributed by atoms with Crippen LogP contribution in [0.3, 0.4) is 0 Å². The molecule has 0 unspecified atom stereocenters. The number of hydrogen-bond donors (Lipinski definition) is 2. The molecule has 0 radical (unpaired) electrons. The van der Waals surface area contributed by atoms with Crippen molar-refractivity contribution in [3.05, 3.63) is 35.9 Å². The minimum atomic E-state index is 0.713. The molecule has 1 aliphatic heterocycles. The predicted molar refractivity (Wildman–Crippen MR) is 81.0 cm³/mol. The second-order valence-electron chi connectivity index (χ2n) is 5.49. The standard InChI is InChI=1S/C16H27N3/c17-10-4-5-11-18-16-8-12-19(13-9-16)14-15-6-2-1-3-7-15/h1-3,6-7,16,18H,4-5,8-14,17H2. The number of unbranched alkanes of at least 4 members (excludes halogenated alkanes) is 1. The number of nitrogens with one attached hydrogen (secondary N) is 1. The maximum absolute atomic E-state index is 5.50. The maximum atomic E-state index is 5.50. The summed E-state index contributed by atoms with van der Waals surface area (Å²) in [5, 5.41) is 3.66. The van der Waals surface area contributed by atoms with E-state index in [0.29, 0.717) is 6.04 Å².